The molecule has 30 nitrogen and oxygen atoms in total. The molecule has 11 rings (SSSR count). The predicted octanol–water partition coefficient (Wildman–Crippen LogP) is -3.69. The molecule has 0 unspecified atom stereocenters. The molecule has 6 aliphatic heterocycles. The highest BCUT2D eigenvalue weighted by Gasteiger charge is 2.71. The van der Waals surface area contributed by atoms with Crippen LogP contribution in [-0.2, 0) is 61.6 Å². The molecule has 0 radical (unpaired) electrons. The van der Waals surface area contributed by atoms with Crippen molar-refractivity contribution in [2.75, 3.05) is 26.4 Å². The molecule has 11 aliphatic rings. The largest absolute Gasteiger partial charge is 0.432 e. The number of hydrogen-bond acceptors (Lipinski definition) is 30. The van der Waals surface area contributed by atoms with Crippen LogP contribution in [0.25, 0.3) is 0 Å². The number of allylic oxidation sites excluding steroid dienone is 2. The number of hydrogen-bond donors (Lipinski definition) is 17. The smallest absolute Gasteiger partial charge is 0.315 e. The highest BCUT2D eigenvalue weighted by molar-refractivity contribution is 5.79. The summed E-state index contributed by atoms with van der Waals surface area (Å²) in [4.78, 5) is 15.3. The SMILES string of the molecule is C[C@@H]1O[C@@H](O[C@H]2[C@H](O[C@H]3[C@H](O[C@H]4CC[C@]5(C)[C@H]6CC=C7[C@@H]8CC(C)(C)CC[C@]8(C(=O)O[C@@H]8O[C@H](CO[C@@H]9O[C@H](CO)[C@@H](O[C@@H]%10O[C@@H](C)[C@H](O)[C@@H](O)[C@H]%10O)[C@H](O)[C@H]9O)[C@@H](O)[C@H](O)[C@H]8O)CC[C@@]7(C)[C@]6(C)CC[C@H]5C4(C)C)OC[C@H](O)[C@@H]3O)O[C@H](CO)[C@@H](O)[C@@H]2O)[C@H](O)[C@H](O)[C@H]1O. The first-order chi connectivity index (χ1) is 44.5. The minimum absolute atomic E-state index is 0.0752. The molecule has 30 heteroatoms. The van der Waals surface area contributed by atoms with E-state index < -0.39 is 226 Å². The number of ether oxygens (including phenoxy) is 12. The Labute approximate surface area is 551 Å². The second-order valence-corrected chi connectivity index (χ2v) is 31.4. The molecule has 10 fully saturated rings. The van der Waals surface area contributed by atoms with Gasteiger partial charge in [0, 0.05) is 0 Å². The van der Waals surface area contributed by atoms with E-state index in [-0.39, 0.29) is 40.6 Å². The number of aliphatic hydroxyl groups is 17. The topological polar surface area (TPSA) is 472 Å². The molecular formula is C65H106O30. The van der Waals surface area contributed by atoms with Crippen molar-refractivity contribution in [2.45, 2.75) is 311 Å². The first-order valence-electron chi connectivity index (χ1n) is 34.0. The molecule has 0 bridgehead atoms. The van der Waals surface area contributed by atoms with Crippen molar-refractivity contribution in [2.24, 2.45) is 50.2 Å². The van der Waals surface area contributed by atoms with Gasteiger partial charge >= 0.3 is 5.97 Å². The van der Waals surface area contributed by atoms with E-state index in [0.29, 0.717) is 44.9 Å². The third kappa shape index (κ3) is 12.9. The summed E-state index contributed by atoms with van der Waals surface area (Å²) in [7, 11) is 0. The summed E-state index contributed by atoms with van der Waals surface area (Å²) < 4.78 is 72.0. The van der Waals surface area contributed by atoms with Crippen LogP contribution in [0.5, 0.6) is 0 Å². The van der Waals surface area contributed by atoms with Crippen LogP contribution in [0.2, 0.25) is 0 Å². The number of esters is 1. The van der Waals surface area contributed by atoms with Gasteiger partial charge in [0.1, 0.15) is 128 Å². The molecule has 17 N–H and O–H groups in total. The molecule has 0 aromatic heterocycles. The maximum atomic E-state index is 15.3. The summed E-state index contributed by atoms with van der Waals surface area (Å²) in [5, 5.41) is 185. The van der Waals surface area contributed by atoms with Crippen molar-refractivity contribution in [1.29, 1.82) is 0 Å². The fourth-order valence-electron chi connectivity index (χ4n) is 19.0. The standard InChI is InChI=1S/C65H106O30/c1-25-36(69)41(74)46(79)54(86-25)92-50-31(22-67)89-53(49(82)45(50)78)85-24-32-40(73)43(76)48(81)56(90-32)95-59(83)65-18-16-60(3,4)20-28(65)27-10-11-34-62(7)14-13-35(61(5,6)33(62)12-15-64(34,9)63(27,8)17-19-65)91-57-51(38(71)29(68)23-84-57)94-58-52(44(77)39(72)30(21-66)88-58)93-55-47(80)42(75)37(70)26(2)87-55/h10,25-26,28-58,66-82H,11-24H2,1-9H3/t25-,26-,28-,29-,30+,31+,32+,33-,34+,35-,36-,37-,38-,39+,40+,41+,42+,43-,44-,45+,46+,47+,48+,49+,50+,51+,52+,53+,54-,55-,56-,57-,58-,62-,63+,64+,65-/m0/s1. The van der Waals surface area contributed by atoms with Crippen molar-refractivity contribution < 1.29 is 148 Å². The van der Waals surface area contributed by atoms with Crippen molar-refractivity contribution in [3.63, 3.8) is 0 Å². The molecule has 6 heterocycles. The third-order valence-electron chi connectivity index (χ3n) is 25.2. The fourth-order valence-corrected chi connectivity index (χ4v) is 19.0. The van der Waals surface area contributed by atoms with Gasteiger partial charge < -0.3 is 144 Å². The van der Waals surface area contributed by atoms with Gasteiger partial charge in [0.15, 0.2) is 31.5 Å². The van der Waals surface area contributed by atoms with E-state index in [1.54, 1.807) is 0 Å². The quantitative estimate of drug-likeness (QED) is 0.0426. The van der Waals surface area contributed by atoms with E-state index in [4.69, 9.17) is 56.8 Å². The Bertz CT molecular complexity index is 2670. The van der Waals surface area contributed by atoms with Crippen LogP contribution in [0.1, 0.15) is 127 Å². The molecule has 4 saturated carbocycles. The van der Waals surface area contributed by atoms with Crippen molar-refractivity contribution in [3.8, 4) is 0 Å². The van der Waals surface area contributed by atoms with Gasteiger partial charge in [-0.3, -0.25) is 4.79 Å². The van der Waals surface area contributed by atoms with Gasteiger partial charge in [-0.05, 0) is 123 Å². The minimum Gasteiger partial charge on any atom is -0.432 e. The Hall–Kier alpha value is -1.91. The summed E-state index contributed by atoms with van der Waals surface area (Å²) in [6.45, 7) is 16.1. The van der Waals surface area contributed by atoms with E-state index >= 15 is 4.79 Å². The van der Waals surface area contributed by atoms with E-state index in [9.17, 15) is 86.8 Å². The average molecular weight is 1370 g/mol. The molecule has 37 atom stereocenters. The Morgan fingerprint density at radius 1 is 0.495 bits per heavy atom. The number of aliphatic hydroxyl groups excluding tert-OH is 17. The molecule has 6 saturated heterocycles. The number of fused-ring (bicyclic) bond motifs is 7. The lowest BCUT2D eigenvalue weighted by Gasteiger charge is -2.71. The van der Waals surface area contributed by atoms with Crippen molar-refractivity contribution in [1.82, 2.24) is 0 Å². The molecule has 95 heavy (non-hydrogen) atoms. The zero-order valence-electron chi connectivity index (χ0n) is 55.4. The molecule has 0 aromatic rings. The lowest BCUT2D eigenvalue weighted by molar-refractivity contribution is -0.392. The number of carbonyl (C=O) groups excluding carboxylic acids is 1. The lowest BCUT2D eigenvalue weighted by Crippen LogP contribution is -2.67. The van der Waals surface area contributed by atoms with Crippen LogP contribution in [0.4, 0.5) is 0 Å². The van der Waals surface area contributed by atoms with Crippen LogP contribution in [0, 0.1) is 50.2 Å². The van der Waals surface area contributed by atoms with Gasteiger partial charge in [0.2, 0.25) is 6.29 Å². The number of carbonyl (C=O) groups is 1. The normalized spacial score (nSPS) is 54.6. The monoisotopic (exact) mass is 1370 g/mol. The van der Waals surface area contributed by atoms with Crippen molar-refractivity contribution >= 4 is 5.97 Å². The van der Waals surface area contributed by atoms with E-state index in [2.05, 4.69) is 54.5 Å². The summed E-state index contributed by atoms with van der Waals surface area (Å²) in [5.41, 5.74) is -1.57. The molecule has 546 valence electrons. The third-order valence-corrected chi connectivity index (χ3v) is 25.2. The maximum absolute atomic E-state index is 15.3. The van der Waals surface area contributed by atoms with Crippen molar-refractivity contribution in [3.05, 3.63) is 11.6 Å². The minimum atomic E-state index is -1.91. The van der Waals surface area contributed by atoms with Gasteiger partial charge in [0.05, 0.1) is 50.2 Å². The van der Waals surface area contributed by atoms with E-state index in [0.717, 1.165) is 19.3 Å². The summed E-state index contributed by atoms with van der Waals surface area (Å²) in [6, 6.07) is 0. The average Bonchev–Trinajstić information content (AvgIpc) is 0.676. The summed E-state index contributed by atoms with van der Waals surface area (Å²) in [6.07, 6.45) is -38.9. The molecule has 0 aromatic carbocycles. The predicted molar refractivity (Wildman–Crippen MR) is 319 cm³/mol. The first kappa shape index (κ1) is 74.3. The van der Waals surface area contributed by atoms with Crippen LogP contribution in [-0.4, -0.2) is 303 Å². The Balaban J connectivity index is 0.774. The van der Waals surface area contributed by atoms with Crippen LogP contribution in [0.15, 0.2) is 11.6 Å². The van der Waals surface area contributed by atoms with Gasteiger partial charge in [0.25, 0.3) is 0 Å². The van der Waals surface area contributed by atoms with Crippen LogP contribution >= 0.6 is 0 Å². The molecule has 0 amide bonds. The maximum Gasteiger partial charge on any atom is 0.315 e. The van der Waals surface area contributed by atoms with Crippen LogP contribution < -0.4 is 0 Å². The first-order valence-corrected chi connectivity index (χ1v) is 34.0. The highest BCUT2D eigenvalue weighted by Crippen LogP contribution is 2.76. The zero-order chi connectivity index (χ0) is 69.3. The zero-order valence-corrected chi connectivity index (χ0v) is 55.4. The second-order valence-electron chi connectivity index (χ2n) is 31.4. The highest BCUT2D eigenvalue weighted by atomic mass is 16.8. The summed E-state index contributed by atoms with van der Waals surface area (Å²) in [5.74, 6) is -0.692. The van der Waals surface area contributed by atoms with Gasteiger partial charge in [-0.15, -0.1) is 0 Å². The molecule has 5 aliphatic carbocycles. The van der Waals surface area contributed by atoms with Gasteiger partial charge in [-0.1, -0.05) is 60.1 Å². The van der Waals surface area contributed by atoms with E-state index in [1.165, 1.54) is 19.4 Å². The Kier molecular flexibility index (Phi) is 21.7. The Morgan fingerprint density at radius 2 is 1.02 bits per heavy atom. The Morgan fingerprint density at radius 3 is 1.65 bits per heavy atom. The molecular weight excluding hydrogens is 1260 g/mol. The second kappa shape index (κ2) is 27.7. The summed E-state index contributed by atoms with van der Waals surface area (Å²) >= 11 is 0. The lowest BCUT2D eigenvalue weighted by atomic mass is 9.33. The van der Waals surface area contributed by atoms with E-state index in [1.807, 2.05) is 0 Å². The van der Waals surface area contributed by atoms with Gasteiger partial charge in [-0.2, -0.15) is 0 Å². The molecule has 0 spiro atoms. The number of rotatable bonds is 15. The van der Waals surface area contributed by atoms with Gasteiger partial charge in [-0.25, -0.2) is 0 Å². The van der Waals surface area contributed by atoms with Crippen LogP contribution in [0.3, 0.4) is 0 Å². The fraction of sp³-hybridized carbons (Fsp3) is 0.954.